The van der Waals surface area contributed by atoms with E-state index in [1.807, 2.05) is 24.3 Å². The zero-order valence-electron chi connectivity index (χ0n) is 16.6. The maximum Gasteiger partial charge on any atom is 0.156 e. The average molecular weight is 380 g/mol. The molecule has 4 rings (SSSR count). The van der Waals surface area contributed by atoms with E-state index in [-0.39, 0.29) is 6.17 Å². The van der Waals surface area contributed by atoms with Crippen molar-refractivity contribution in [1.82, 2.24) is 25.7 Å². The zero-order chi connectivity index (χ0) is 19.3. The van der Waals surface area contributed by atoms with Gasteiger partial charge in [0.1, 0.15) is 11.6 Å². The van der Waals surface area contributed by atoms with E-state index in [0.717, 1.165) is 55.6 Å². The number of nitrogens with one attached hydrogen (secondary N) is 3. The van der Waals surface area contributed by atoms with Crippen LogP contribution in [-0.4, -0.2) is 60.3 Å². The minimum Gasteiger partial charge on any atom is -0.354 e. The third-order valence-electron chi connectivity index (χ3n) is 5.20. The normalized spacial score (nSPS) is 23.4. The number of aromatic nitrogens is 2. The quantitative estimate of drug-likeness (QED) is 0.734. The zero-order valence-corrected chi connectivity index (χ0v) is 16.6. The van der Waals surface area contributed by atoms with Gasteiger partial charge in [0.15, 0.2) is 5.82 Å². The Morgan fingerprint density at radius 3 is 2.54 bits per heavy atom. The molecular weight excluding hydrogens is 350 g/mol. The Kier molecular flexibility index (Phi) is 5.85. The molecule has 2 aromatic rings. The Hall–Kier alpha value is -2.48. The molecule has 0 amide bonds. The maximum atomic E-state index is 4.82. The van der Waals surface area contributed by atoms with Crippen LogP contribution in [0.5, 0.6) is 0 Å². The molecule has 1 aromatic heterocycles. The molecule has 28 heavy (non-hydrogen) atoms. The number of hydrogen-bond acceptors (Lipinski definition) is 7. The van der Waals surface area contributed by atoms with Crippen molar-refractivity contribution in [1.29, 1.82) is 0 Å². The summed E-state index contributed by atoms with van der Waals surface area (Å²) in [6.45, 7) is 6.23. The van der Waals surface area contributed by atoms with Crippen molar-refractivity contribution < 1.29 is 0 Å². The van der Waals surface area contributed by atoms with Gasteiger partial charge in [-0.05, 0) is 32.0 Å². The van der Waals surface area contributed by atoms with Crippen LogP contribution in [0, 0.1) is 0 Å². The number of likely N-dealkylation sites (N-methyl/N-ethyl adjacent to an activating group) is 1. The predicted molar refractivity (Wildman–Crippen MR) is 115 cm³/mol. The van der Waals surface area contributed by atoms with Crippen molar-refractivity contribution in [2.45, 2.75) is 25.6 Å². The Morgan fingerprint density at radius 1 is 1.04 bits per heavy atom. The van der Waals surface area contributed by atoms with Crippen LogP contribution >= 0.6 is 0 Å². The largest absolute Gasteiger partial charge is 0.354 e. The molecule has 0 aliphatic carbocycles. The first-order valence-electron chi connectivity index (χ1n) is 9.99. The van der Waals surface area contributed by atoms with Gasteiger partial charge in [-0.15, -0.1) is 0 Å². The van der Waals surface area contributed by atoms with E-state index < -0.39 is 0 Å². The molecule has 2 saturated heterocycles. The summed E-state index contributed by atoms with van der Waals surface area (Å²) < 4.78 is 0. The number of anilines is 2. The number of rotatable bonds is 5. The van der Waals surface area contributed by atoms with Crippen molar-refractivity contribution in [3.8, 4) is 0 Å². The summed E-state index contributed by atoms with van der Waals surface area (Å²) in [4.78, 5) is 14.2. The fourth-order valence-electron chi connectivity index (χ4n) is 3.52. The van der Waals surface area contributed by atoms with Crippen LogP contribution in [0.3, 0.4) is 0 Å². The third kappa shape index (κ3) is 4.86. The lowest BCUT2D eigenvalue weighted by Gasteiger charge is -2.33. The smallest absolute Gasteiger partial charge is 0.156 e. The summed E-state index contributed by atoms with van der Waals surface area (Å²) in [6.07, 6.45) is 5.22. The SMILES string of the molecule is CC1CC(Nc2cc(N3CCN(C)CC3)nc(/C=C/c3ccccc3)n2)NN1. The van der Waals surface area contributed by atoms with Crippen LogP contribution in [0.1, 0.15) is 24.7 Å². The van der Waals surface area contributed by atoms with Gasteiger partial charge in [-0.25, -0.2) is 15.4 Å². The van der Waals surface area contributed by atoms with E-state index in [1.54, 1.807) is 0 Å². The topological polar surface area (TPSA) is 68.3 Å². The molecule has 148 valence electrons. The highest BCUT2D eigenvalue weighted by atomic mass is 15.5. The van der Waals surface area contributed by atoms with Crippen LogP contribution in [0.25, 0.3) is 12.2 Å². The highest BCUT2D eigenvalue weighted by Gasteiger charge is 2.21. The van der Waals surface area contributed by atoms with Gasteiger partial charge in [0.05, 0.1) is 6.17 Å². The van der Waals surface area contributed by atoms with Crippen LogP contribution in [0.15, 0.2) is 36.4 Å². The maximum absolute atomic E-state index is 4.82. The first-order valence-corrected chi connectivity index (χ1v) is 9.99. The minimum absolute atomic E-state index is 0.163. The van der Waals surface area contributed by atoms with E-state index in [1.165, 1.54) is 0 Å². The highest BCUT2D eigenvalue weighted by Crippen LogP contribution is 2.20. The van der Waals surface area contributed by atoms with Crippen molar-refractivity contribution in [2.24, 2.45) is 0 Å². The molecule has 2 fully saturated rings. The molecule has 7 heteroatoms. The molecule has 3 heterocycles. The molecule has 0 spiro atoms. The number of hydrogen-bond donors (Lipinski definition) is 3. The second-order valence-corrected chi connectivity index (χ2v) is 7.63. The lowest BCUT2D eigenvalue weighted by molar-refractivity contribution is 0.312. The Morgan fingerprint density at radius 2 is 1.82 bits per heavy atom. The van der Waals surface area contributed by atoms with E-state index in [4.69, 9.17) is 9.97 Å². The molecule has 2 atom stereocenters. The number of benzene rings is 1. The fraction of sp³-hybridized carbons (Fsp3) is 0.429. The standard InChI is InChI=1S/C21H29N7/c1-16-14-20(26-25-16)23-19-15-21(28-12-10-27(2)11-13-28)24-18(22-19)9-8-17-6-4-3-5-7-17/h3-9,15-16,20,25-26H,10-14H2,1-2H3,(H,22,23,24)/b9-8+. The minimum atomic E-state index is 0.163. The van der Waals surface area contributed by atoms with Crippen LogP contribution in [0.4, 0.5) is 11.6 Å². The van der Waals surface area contributed by atoms with E-state index >= 15 is 0 Å². The second kappa shape index (κ2) is 8.68. The molecule has 2 aliphatic heterocycles. The van der Waals surface area contributed by atoms with Gasteiger partial charge in [0.25, 0.3) is 0 Å². The molecular formula is C21H29N7. The molecule has 0 radical (unpaired) electrons. The number of piperazine rings is 1. The van der Waals surface area contributed by atoms with Crippen molar-refractivity contribution >= 4 is 23.8 Å². The highest BCUT2D eigenvalue weighted by molar-refractivity contribution is 5.68. The second-order valence-electron chi connectivity index (χ2n) is 7.63. The fourth-order valence-corrected chi connectivity index (χ4v) is 3.52. The molecule has 0 saturated carbocycles. The van der Waals surface area contributed by atoms with Crippen LogP contribution in [-0.2, 0) is 0 Å². The van der Waals surface area contributed by atoms with Gasteiger partial charge in [-0.3, -0.25) is 5.43 Å². The molecule has 2 aliphatic rings. The van der Waals surface area contributed by atoms with Gasteiger partial charge in [-0.2, -0.15) is 0 Å². The summed E-state index contributed by atoms with van der Waals surface area (Å²) in [7, 11) is 2.16. The van der Waals surface area contributed by atoms with Crippen LogP contribution < -0.4 is 21.1 Å². The first kappa shape index (κ1) is 18.9. The lowest BCUT2D eigenvalue weighted by atomic mass is 10.2. The molecule has 0 bridgehead atoms. The van der Waals surface area contributed by atoms with Gasteiger partial charge < -0.3 is 15.1 Å². The lowest BCUT2D eigenvalue weighted by Crippen LogP contribution is -2.45. The van der Waals surface area contributed by atoms with Gasteiger partial charge in [-0.1, -0.05) is 36.4 Å². The Balaban J connectivity index is 1.57. The van der Waals surface area contributed by atoms with Gasteiger partial charge in [0, 0.05) is 38.3 Å². The van der Waals surface area contributed by atoms with E-state index in [9.17, 15) is 0 Å². The summed E-state index contributed by atoms with van der Waals surface area (Å²) in [5.41, 5.74) is 7.67. The monoisotopic (exact) mass is 379 g/mol. The van der Waals surface area contributed by atoms with Crippen LogP contribution in [0.2, 0.25) is 0 Å². The number of hydrazine groups is 1. The summed E-state index contributed by atoms with van der Waals surface area (Å²) >= 11 is 0. The van der Waals surface area contributed by atoms with Crippen molar-refractivity contribution in [3.05, 3.63) is 47.8 Å². The summed E-state index contributed by atoms with van der Waals surface area (Å²) in [5.74, 6) is 2.56. The summed E-state index contributed by atoms with van der Waals surface area (Å²) in [5, 5.41) is 3.50. The van der Waals surface area contributed by atoms with Gasteiger partial charge in [0.2, 0.25) is 0 Å². The first-order chi connectivity index (χ1) is 13.7. The Bertz CT molecular complexity index is 800. The third-order valence-corrected chi connectivity index (χ3v) is 5.20. The average Bonchev–Trinajstić information content (AvgIpc) is 3.12. The Labute approximate surface area is 166 Å². The van der Waals surface area contributed by atoms with Crippen molar-refractivity contribution in [3.63, 3.8) is 0 Å². The molecule has 7 nitrogen and oxygen atoms in total. The molecule has 3 N–H and O–H groups in total. The molecule has 2 unspecified atom stereocenters. The van der Waals surface area contributed by atoms with Gasteiger partial charge >= 0.3 is 0 Å². The van der Waals surface area contributed by atoms with Crippen molar-refractivity contribution in [2.75, 3.05) is 43.4 Å². The number of nitrogens with zero attached hydrogens (tertiary/aromatic N) is 4. The van der Waals surface area contributed by atoms with E-state index in [0.29, 0.717) is 6.04 Å². The predicted octanol–water partition coefficient (Wildman–Crippen LogP) is 2.02. The van der Waals surface area contributed by atoms with E-state index in [2.05, 4.69) is 64.2 Å². The summed E-state index contributed by atoms with van der Waals surface area (Å²) in [6, 6.07) is 12.8. The molecule has 1 aromatic carbocycles.